The molecular formula is C15H18N2O2. The highest BCUT2D eigenvalue weighted by molar-refractivity contribution is 5.45. The highest BCUT2D eigenvalue weighted by atomic mass is 16.7. The van der Waals surface area contributed by atoms with E-state index in [-0.39, 0.29) is 6.04 Å². The molecule has 1 N–H and O–H groups in total. The molecule has 0 fully saturated rings. The fourth-order valence-corrected chi connectivity index (χ4v) is 2.32. The lowest BCUT2D eigenvalue weighted by Gasteiger charge is -2.20. The van der Waals surface area contributed by atoms with Crippen molar-refractivity contribution in [3.8, 4) is 11.5 Å². The summed E-state index contributed by atoms with van der Waals surface area (Å²) in [6.45, 7) is 6.63. The number of nitrogens with zero attached hydrogens (tertiary/aromatic N) is 1. The lowest BCUT2D eigenvalue weighted by Crippen LogP contribution is -2.20. The number of benzene rings is 1. The quantitative estimate of drug-likeness (QED) is 0.918. The molecule has 0 amide bonds. The Morgan fingerprint density at radius 1 is 1.05 bits per heavy atom. The summed E-state index contributed by atoms with van der Waals surface area (Å²) in [5, 5.41) is 0. The van der Waals surface area contributed by atoms with Gasteiger partial charge in [0.15, 0.2) is 11.5 Å². The lowest BCUT2D eigenvalue weighted by atomic mass is 10.1. The van der Waals surface area contributed by atoms with Gasteiger partial charge in [-0.1, -0.05) is 6.07 Å². The smallest absolute Gasteiger partial charge is 0.231 e. The van der Waals surface area contributed by atoms with Crippen LogP contribution in [0.1, 0.15) is 29.9 Å². The molecule has 3 rings (SSSR count). The first-order valence-corrected chi connectivity index (χ1v) is 6.46. The zero-order valence-corrected chi connectivity index (χ0v) is 11.4. The fraction of sp³-hybridized carbons (Fsp3) is 0.333. The molecule has 1 aliphatic rings. The SMILES string of the molecule is Cc1ccc(C)n1NC(C)c1ccc2c(c1)OCO2. The molecule has 1 unspecified atom stereocenters. The number of aromatic nitrogens is 1. The van der Waals surface area contributed by atoms with E-state index in [0.29, 0.717) is 6.79 Å². The summed E-state index contributed by atoms with van der Waals surface area (Å²) < 4.78 is 12.9. The second kappa shape index (κ2) is 4.53. The van der Waals surface area contributed by atoms with Gasteiger partial charge in [0, 0.05) is 11.4 Å². The Bertz CT molecular complexity index is 585. The Hall–Kier alpha value is -2.10. The largest absolute Gasteiger partial charge is 0.454 e. The fourth-order valence-electron chi connectivity index (χ4n) is 2.32. The summed E-state index contributed by atoms with van der Waals surface area (Å²) in [7, 11) is 0. The third-order valence-corrected chi connectivity index (χ3v) is 3.49. The van der Waals surface area contributed by atoms with Gasteiger partial charge in [0.1, 0.15) is 0 Å². The van der Waals surface area contributed by atoms with Crippen molar-refractivity contribution in [2.75, 3.05) is 12.2 Å². The van der Waals surface area contributed by atoms with E-state index in [4.69, 9.17) is 9.47 Å². The van der Waals surface area contributed by atoms with Crippen LogP contribution >= 0.6 is 0 Å². The van der Waals surface area contributed by atoms with Gasteiger partial charge >= 0.3 is 0 Å². The topological polar surface area (TPSA) is 35.4 Å². The summed E-state index contributed by atoms with van der Waals surface area (Å²) in [5.41, 5.74) is 7.06. The zero-order chi connectivity index (χ0) is 13.4. The Morgan fingerprint density at radius 2 is 1.74 bits per heavy atom. The van der Waals surface area contributed by atoms with Crippen LogP contribution in [0.4, 0.5) is 0 Å². The van der Waals surface area contributed by atoms with Gasteiger partial charge in [-0.15, -0.1) is 0 Å². The predicted molar refractivity (Wildman–Crippen MR) is 74.2 cm³/mol. The lowest BCUT2D eigenvalue weighted by molar-refractivity contribution is 0.174. The van der Waals surface area contributed by atoms with Crippen molar-refractivity contribution in [3.63, 3.8) is 0 Å². The van der Waals surface area contributed by atoms with Crippen molar-refractivity contribution in [2.45, 2.75) is 26.8 Å². The number of hydrogen-bond donors (Lipinski definition) is 1. The van der Waals surface area contributed by atoms with Crippen molar-refractivity contribution in [1.82, 2.24) is 4.68 Å². The van der Waals surface area contributed by atoms with Crippen LogP contribution < -0.4 is 14.9 Å². The number of aryl methyl sites for hydroxylation is 2. The summed E-state index contributed by atoms with van der Waals surface area (Å²) >= 11 is 0. The maximum atomic E-state index is 5.42. The van der Waals surface area contributed by atoms with Crippen LogP contribution in [-0.2, 0) is 0 Å². The molecule has 0 aliphatic carbocycles. The van der Waals surface area contributed by atoms with E-state index in [1.165, 1.54) is 17.0 Å². The molecule has 4 heteroatoms. The van der Waals surface area contributed by atoms with Crippen molar-refractivity contribution < 1.29 is 9.47 Å². The molecule has 1 atom stereocenters. The van der Waals surface area contributed by atoms with Crippen molar-refractivity contribution in [2.24, 2.45) is 0 Å². The molecule has 0 spiro atoms. The van der Waals surface area contributed by atoms with Crippen molar-refractivity contribution in [1.29, 1.82) is 0 Å². The highest BCUT2D eigenvalue weighted by Crippen LogP contribution is 2.34. The first-order valence-electron chi connectivity index (χ1n) is 6.46. The summed E-state index contributed by atoms with van der Waals surface area (Å²) in [6, 6.07) is 10.5. The van der Waals surface area contributed by atoms with Crippen LogP contribution in [0.5, 0.6) is 11.5 Å². The number of nitrogens with one attached hydrogen (secondary N) is 1. The minimum atomic E-state index is 0.194. The van der Waals surface area contributed by atoms with E-state index >= 15 is 0 Å². The average molecular weight is 258 g/mol. The van der Waals surface area contributed by atoms with Crippen LogP contribution in [0.15, 0.2) is 30.3 Å². The minimum Gasteiger partial charge on any atom is -0.454 e. The van der Waals surface area contributed by atoms with E-state index in [1.807, 2.05) is 12.1 Å². The first-order chi connectivity index (χ1) is 9.15. The number of fused-ring (bicyclic) bond motifs is 1. The van der Waals surface area contributed by atoms with Crippen LogP contribution in [0.2, 0.25) is 0 Å². The van der Waals surface area contributed by atoms with Gasteiger partial charge in [-0.05, 0) is 50.6 Å². The Kier molecular flexibility index (Phi) is 2.85. The maximum absolute atomic E-state index is 5.42. The third-order valence-electron chi connectivity index (χ3n) is 3.49. The van der Waals surface area contributed by atoms with Crippen LogP contribution in [-0.4, -0.2) is 11.5 Å². The van der Waals surface area contributed by atoms with Gasteiger partial charge < -0.3 is 14.9 Å². The van der Waals surface area contributed by atoms with Gasteiger partial charge in [-0.3, -0.25) is 4.68 Å². The zero-order valence-electron chi connectivity index (χ0n) is 11.4. The average Bonchev–Trinajstić information content (AvgIpc) is 2.99. The van der Waals surface area contributed by atoms with Gasteiger partial charge in [-0.2, -0.15) is 0 Å². The number of hydrogen-bond acceptors (Lipinski definition) is 3. The number of ether oxygens (including phenoxy) is 2. The maximum Gasteiger partial charge on any atom is 0.231 e. The minimum absolute atomic E-state index is 0.194. The van der Waals surface area contributed by atoms with Gasteiger partial charge in [0.2, 0.25) is 6.79 Å². The second-order valence-corrected chi connectivity index (χ2v) is 4.91. The Labute approximate surface area is 112 Å². The monoisotopic (exact) mass is 258 g/mol. The van der Waals surface area contributed by atoms with Crippen molar-refractivity contribution >= 4 is 0 Å². The van der Waals surface area contributed by atoms with Crippen LogP contribution in [0.3, 0.4) is 0 Å². The summed E-state index contributed by atoms with van der Waals surface area (Å²) in [5.74, 6) is 1.65. The molecule has 1 aliphatic heterocycles. The van der Waals surface area contributed by atoms with Crippen LogP contribution in [0.25, 0.3) is 0 Å². The molecule has 100 valence electrons. The summed E-state index contributed by atoms with van der Waals surface area (Å²) in [4.78, 5) is 0. The van der Waals surface area contributed by atoms with E-state index < -0.39 is 0 Å². The molecule has 19 heavy (non-hydrogen) atoms. The standard InChI is InChI=1S/C15H18N2O2/c1-10-4-5-11(2)17(10)16-12(3)13-6-7-14-15(8-13)19-9-18-14/h4-8,12,16H,9H2,1-3H3. The molecule has 0 radical (unpaired) electrons. The molecule has 4 nitrogen and oxygen atoms in total. The Balaban J connectivity index is 1.82. The number of rotatable bonds is 3. The Morgan fingerprint density at radius 3 is 2.47 bits per heavy atom. The molecule has 0 bridgehead atoms. The molecule has 1 aromatic carbocycles. The van der Waals surface area contributed by atoms with E-state index in [9.17, 15) is 0 Å². The van der Waals surface area contributed by atoms with Crippen molar-refractivity contribution in [3.05, 3.63) is 47.3 Å². The molecule has 2 heterocycles. The van der Waals surface area contributed by atoms with E-state index in [0.717, 1.165) is 11.5 Å². The highest BCUT2D eigenvalue weighted by Gasteiger charge is 2.16. The second-order valence-electron chi connectivity index (χ2n) is 4.91. The van der Waals surface area contributed by atoms with Gasteiger partial charge in [-0.25, -0.2) is 0 Å². The third kappa shape index (κ3) is 2.14. The van der Waals surface area contributed by atoms with E-state index in [1.54, 1.807) is 0 Å². The molecule has 0 saturated carbocycles. The molecule has 2 aromatic rings. The normalized spacial score (nSPS) is 14.5. The summed E-state index contributed by atoms with van der Waals surface area (Å²) in [6.07, 6.45) is 0. The molecular weight excluding hydrogens is 240 g/mol. The van der Waals surface area contributed by atoms with Gasteiger partial charge in [0.05, 0.1) is 6.04 Å². The van der Waals surface area contributed by atoms with Gasteiger partial charge in [0.25, 0.3) is 0 Å². The van der Waals surface area contributed by atoms with E-state index in [2.05, 4.69) is 49.1 Å². The predicted octanol–water partition coefficient (Wildman–Crippen LogP) is 3.14. The molecule has 0 saturated heterocycles. The molecule has 1 aromatic heterocycles. The van der Waals surface area contributed by atoms with Crippen LogP contribution in [0, 0.1) is 13.8 Å². The first kappa shape index (κ1) is 12.0.